The van der Waals surface area contributed by atoms with E-state index in [9.17, 15) is 0 Å². The van der Waals surface area contributed by atoms with Crippen molar-refractivity contribution in [3.63, 3.8) is 0 Å². The van der Waals surface area contributed by atoms with Gasteiger partial charge in [-0.2, -0.15) is 0 Å². The molecular formula is C55H34N4O. The van der Waals surface area contributed by atoms with Crippen LogP contribution in [0.15, 0.2) is 211 Å². The van der Waals surface area contributed by atoms with Gasteiger partial charge in [-0.3, -0.25) is 0 Å². The van der Waals surface area contributed by atoms with Crippen LogP contribution in [0.2, 0.25) is 0 Å². The van der Waals surface area contributed by atoms with Gasteiger partial charge < -0.3 is 8.98 Å². The van der Waals surface area contributed by atoms with Gasteiger partial charge in [0.1, 0.15) is 11.2 Å². The van der Waals surface area contributed by atoms with Crippen molar-refractivity contribution in [2.75, 3.05) is 0 Å². The molecule has 0 aliphatic heterocycles. The standard InChI is InChI=1S/C55H34N4O/c1-5-15-35(16-6-1)40-25-29-45-49(31-40)59(48-30-27-37-19-13-14-24-43(37)51(45)48)42-33-46(36-17-7-2-8-18-36)52-47(34-42)44-28-26-41(32-50(44)60-52)55-57-53(38-20-9-3-10-21-38)56-54(58-55)39-22-11-4-12-23-39/h1-34H. The summed E-state index contributed by atoms with van der Waals surface area (Å²) in [7, 11) is 0. The van der Waals surface area contributed by atoms with E-state index >= 15 is 0 Å². The Hall–Kier alpha value is -8.15. The first-order valence-corrected chi connectivity index (χ1v) is 20.2. The maximum absolute atomic E-state index is 6.93. The second-order valence-corrected chi connectivity index (χ2v) is 15.2. The van der Waals surface area contributed by atoms with Gasteiger partial charge in [0.25, 0.3) is 0 Å². The van der Waals surface area contributed by atoms with Crippen molar-refractivity contribution in [2.24, 2.45) is 0 Å². The molecule has 9 aromatic carbocycles. The van der Waals surface area contributed by atoms with Crippen molar-refractivity contribution >= 4 is 54.5 Å². The first-order valence-electron chi connectivity index (χ1n) is 20.2. The van der Waals surface area contributed by atoms with E-state index in [1.165, 1.54) is 32.7 Å². The summed E-state index contributed by atoms with van der Waals surface area (Å²) in [5, 5.41) is 6.97. The molecule has 0 N–H and O–H groups in total. The van der Waals surface area contributed by atoms with Crippen molar-refractivity contribution in [1.29, 1.82) is 0 Å². The predicted molar refractivity (Wildman–Crippen MR) is 246 cm³/mol. The van der Waals surface area contributed by atoms with E-state index < -0.39 is 0 Å². The molecule has 12 aromatic rings. The van der Waals surface area contributed by atoms with Gasteiger partial charge in [0.2, 0.25) is 0 Å². The van der Waals surface area contributed by atoms with E-state index in [-0.39, 0.29) is 0 Å². The molecule has 60 heavy (non-hydrogen) atoms. The largest absolute Gasteiger partial charge is 0.455 e. The SMILES string of the molecule is c1ccc(-c2ccc3c4c5ccccc5ccc4n(-c4cc(-c5ccccc5)c5oc6cc(-c7nc(-c8ccccc8)nc(-c8ccccc8)n7)ccc6c5c4)c3c2)cc1. The third-order valence-electron chi connectivity index (χ3n) is 11.6. The minimum Gasteiger partial charge on any atom is -0.455 e. The number of hydrogen-bond donors (Lipinski definition) is 0. The highest BCUT2D eigenvalue weighted by atomic mass is 16.3. The summed E-state index contributed by atoms with van der Waals surface area (Å²) in [5.74, 6) is 1.82. The molecule has 0 radical (unpaired) electrons. The number of nitrogens with zero attached hydrogens (tertiary/aromatic N) is 4. The smallest absolute Gasteiger partial charge is 0.164 e. The zero-order valence-electron chi connectivity index (χ0n) is 32.3. The zero-order valence-corrected chi connectivity index (χ0v) is 32.3. The highest BCUT2D eigenvalue weighted by molar-refractivity contribution is 6.22. The maximum atomic E-state index is 6.93. The molecule has 12 rings (SSSR count). The molecule has 0 unspecified atom stereocenters. The van der Waals surface area contributed by atoms with E-state index in [0.29, 0.717) is 17.5 Å². The van der Waals surface area contributed by atoms with Gasteiger partial charge in [0.05, 0.1) is 11.0 Å². The molecule has 0 bridgehead atoms. The van der Waals surface area contributed by atoms with Gasteiger partial charge in [-0.1, -0.05) is 170 Å². The fourth-order valence-corrected chi connectivity index (χ4v) is 8.78. The fourth-order valence-electron chi connectivity index (χ4n) is 8.78. The summed E-state index contributed by atoms with van der Waals surface area (Å²) in [4.78, 5) is 14.9. The Morgan fingerprint density at radius 2 is 0.917 bits per heavy atom. The Morgan fingerprint density at radius 1 is 0.350 bits per heavy atom. The van der Waals surface area contributed by atoms with Crippen LogP contribution in [0.5, 0.6) is 0 Å². The molecule has 3 aromatic heterocycles. The second kappa shape index (κ2) is 13.8. The molecule has 0 saturated heterocycles. The number of furan rings is 1. The van der Waals surface area contributed by atoms with Crippen molar-refractivity contribution in [2.45, 2.75) is 0 Å². The molecule has 0 atom stereocenters. The van der Waals surface area contributed by atoms with Crippen molar-refractivity contribution in [1.82, 2.24) is 19.5 Å². The third-order valence-corrected chi connectivity index (χ3v) is 11.6. The lowest BCUT2D eigenvalue weighted by Gasteiger charge is -2.12. The predicted octanol–water partition coefficient (Wildman–Crippen LogP) is 14.4. The Bertz CT molecular complexity index is 3520. The molecule has 5 heteroatoms. The first kappa shape index (κ1) is 33.9. The molecule has 280 valence electrons. The van der Waals surface area contributed by atoms with E-state index in [2.05, 4.69) is 150 Å². The quantitative estimate of drug-likeness (QED) is 0.169. The number of rotatable bonds is 6. The number of hydrogen-bond acceptors (Lipinski definition) is 4. The average Bonchev–Trinajstić information content (AvgIpc) is 3.87. The topological polar surface area (TPSA) is 56.7 Å². The number of aromatic nitrogens is 4. The summed E-state index contributed by atoms with van der Waals surface area (Å²) >= 11 is 0. The van der Waals surface area contributed by atoms with Crippen LogP contribution < -0.4 is 0 Å². The molecule has 0 spiro atoms. The molecule has 0 aliphatic rings. The molecule has 5 nitrogen and oxygen atoms in total. The molecule has 0 saturated carbocycles. The van der Waals surface area contributed by atoms with E-state index in [0.717, 1.165) is 66.5 Å². The molecular weight excluding hydrogens is 733 g/mol. The van der Waals surface area contributed by atoms with Crippen LogP contribution in [0.3, 0.4) is 0 Å². The van der Waals surface area contributed by atoms with E-state index in [1.54, 1.807) is 0 Å². The summed E-state index contributed by atoms with van der Waals surface area (Å²) in [6.07, 6.45) is 0. The lowest BCUT2D eigenvalue weighted by atomic mass is 10.0. The first-order chi connectivity index (χ1) is 29.7. The summed E-state index contributed by atoms with van der Waals surface area (Å²) in [5.41, 5.74) is 12.1. The maximum Gasteiger partial charge on any atom is 0.164 e. The zero-order chi connectivity index (χ0) is 39.6. The van der Waals surface area contributed by atoms with E-state index in [1.807, 2.05) is 60.7 Å². The second-order valence-electron chi connectivity index (χ2n) is 15.2. The minimum absolute atomic E-state index is 0.584. The lowest BCUT2D eigenvalue weighted by molar-refractivity contribution is 0.670. The van der Waals surface area contributed by atoms with Crippen LogP contribution in [-0.2, 0) is 0 Å². The average molecular weight is 767 g/mol. The molecule has 0 amide bonds. The van der Waals surface area contributed by atoms with Gasteiger partial charge >= 0.3 is 0 Å². The van der Waals surface area contributed by atoms with Crippen molar-refractivity contribution in [3.8, 4) is 62.1 Å². The molecule has 0 aliphatic carbocycles. The van der Waals surface area contributed by atoms with Gasteiger partial charge in [0.15, 0.2) is 17.5 Å². The van der Waals surface area contributed by atoms with Crippen LogP contribution in [-0.4, -0.2) is 19.5 Å². The third kappa shape index (κ3) is 5.59. The molecule has 0 fully saturated rings. The van der Waals surface area contributed by atoms with E-state index in [4.69, 9.17) is 19.4 Å². The number of fused-ring (bicyclic) bond motifs is 8. The Balaban J connectivity index is 1.11. The highest BCUT2D eigenvalue weighted by Crippen LogP contribution is 2.43. The monoisotopic (exact) mass is 766 g/mol. The van der Waals surface area contributed by atoms with Gasteiger partial charge in [-0.25, -0.2) is 15.0 Å². The van der Waals surface area contributed by atoms with Crippen LogP contribution in [0, 0.1) is 0 Å². The Kier molecular flexibility index (Phi) is 7.78. The highest BCUT2D eigenvalue weighted by Gasteiger charge is 2.21. The Labute approximate surface area is 345 Å². The fraction of sp³-hybridized carbons (Fsp3) is 0. The van der Waals surface area contributed by atoms with Crippen molar-refractivity contribution < 1.29 is 4.42 Å². The van der Waals surface area contributed by atoms with Crippen LogP contribution >= 0.6 is 0 Å². The lowest BCUT2D eigenvalue weighted by Crippen LogP contribution is -2.00. The summed E-state index contributed by atoms with van der Waals surface area (Å²) in [6, 6.07) is 72.3. The van der Waals surface area contributed by atoms with Crippen LogP contribution in [0.4, 0.5) is 0 Å². The summed E-state index contributed by atoms with van der Waals surface area (Å²) < 4.78 is 9.37. The normalized spacial score (nSPS) is 11.7. The van der Waals surface area contributed by atoms with Gasteiger partial charge in [-0.15, -0.1) is 0 Å². The Morgan fingerprint density at radius 3 is 1.60 bits per heavy atom. The van der Waals surface area contributed by atoms with Gasteiger partial charge in [-0.05, 0) is 63.9 Å². The van der Waals surface area contributed by atoms with Gasteiger partial charge in [0, 0.05) is 49.5 Å². The van der Waals surface area contributed by atoms with Crippen LogP contribution in [0.1, 0.15) is 0 Å². The minimum atomic E-state index is 0.584. The van der Waals surface area contributed by atoms with Crippen molar-refractivity contribution in [3.05, 3.63) is 206 Å². The summed E-state index contributed by atoms with van der Waals surface area (Å²) in [6.45, 7) is 0. The molecule has 3 heterocycles. The number of benzene rings is 9. The van der Waals surface area contributed by atoms with Crippen LogP contribution in [0.25, 0.3) is 117 Å².